The second-order valence-electron chi connectivity index (χ2n) is 6.19. The highest BCUT2D eigenvalue weighted by Crippen LogP contribution is 2.25. The van der Waals surface area contributed by atoms with Crippen LogP contribution in [0.15, 0.2) is 48.8 Å². The summed E-state index contributed by atoms with van der Waals surface area (Å²) in [6.45, 7) is 11.8. The molecule has 0 fully saturated rings. The lowest BCUT2D eigenvalue weighted by Gasteiger charge is -2.26. The van der Waals surface area contributed by atoms with E-state index in [0.29, 0.717) is 12.1 Å². The van der Waals surface area contributed by atoms with Crippen molar-refractivity contribution in [3.8, 4) is 0 Å². The SMILES string of the molecule is C=C[Si](C)(C=C)CCCN(C(=O)CC(F)(F)F)c1cccc(C)c1. The Labute approximate surface area is 142 Å². The van der Waals surface area contributed by atoms with E-state index in [2.05, 4.69) is 19.7 Å². The molecule has 1 aromatic rings. The van der Waals surface area contributed by atoms with Crippen molar-refractivity contribution < 1.29 is 18.0 Å². The maximum atomic E-state index is 12.6. The molecule has 0 aromatic heterocycles. The summed E-state index contributed by atoms with van der Waals surface area (Å²) in [7, 11) is -1.79. The Balaban J connectivity index is 2.91. The third-order valence-electron chi connectivity index (χ3n) is 4.00. The minimum absolute atomic E-state index is 0.253. The predicted octanol–water partition coefficient (Wildman–Crippen LogP) is 5.20. The zero-order valence-corrected chi connectivity index (χ0v) is 15.2. The van der Waals surface area contributed by atoms with E-state index in [0.717, 1.165) is 11.6 Å². The first-order valence-corrected chi connectivity index (χ1v) is 10.7. The molecule has 1 amide bonds. The zero-order valence-electron chi connectivity index (χ0n) is 14.2. The van der Waals surface area contributed by atoms with E-state index < -0.39 is 26.6 Å². The Morgan fingerprint density at radius 2 is 1.92 bits per heavy atom. The predicted molar refractivity (Wildman–Crippen MR) is 95.6 cm³/mol. The van der Waals surface area contributed by atoms with Crippen LogP contribution in [0, 0.1) is 6.92 Å². The lowest BCUT2D eigenvalue weighted by Crippen LogP contribution is -2.36. The second-order valence-corrected chi connectivity index (χ2v) is 10.5. The van der Waals surface area contributed by atoms with Gasteiger partial charge in [0.25, 0.3) is 0 Å². The number of nitrogens with zero attached hydrogens (tertiary/aromatic N) is 1. The monoisotopic (exact) mass is 355 g/mol. The highest BCUT2D eigenvalue weighted by molar-refractivity contribution is 6.87. The van der Waals surface area contributed by atoms with Crippen LogP contribution in [-0.4, -0.2) is 26.7 Å². The Kier molecular flexibility index (Phi) is 7.02. The van der Waals surface area contributed by atoms with Crippen molar-refractivity contribution in [2.75, 3.05) is 11.4 Å². The van der Waals surface area contributed by atoms with Crippen LogP contribution in [0.5, 0.6) is 0 Å². The third kappa shape index (κ3) is 6.35. The first-order chi connectivity index (χ1) is 11.1. The molecule has 2 nitrogen and oxygen atoms in total. The molecule has 6 heteroatoms. The topological polar surface area (TPSA) is 20.3 Å². The molecule has 0 unspecified atom stereocenters. The molecule has 0 saturated heterocycles. The van der Waals surface area contributed by atoms with Crippen LogP contribution in [0.2, 0.25) is 12.6 Å². The van der Waals surface area contributed by atoms with Gasteiger partial charge in [0.05, 0.1) is 8.07 Å². The van der Waals surface area contributed by atoms with Gasteiger partial charge < -0.3 is 4.90 Å². The van der Waals surface area contributed by atoms with Crippen molar-refractivity contribution in [1.29, 1.82) is 0 Å². The molecule has 0 heterocycles. The molecule has 132 valence electrons. The number of carbonyl (C=O) groups excluding carboxylic acids is 1. The average molecular weight is 355 g/mol. The van der Waals surface area contributed by atoms with Crippen LogP contribution in [0.25, 0.3) is 0 Å². The van der Waals surface area contributed by atoms with Crippen molar-refractivity contribution in [1.82, 2.24) is 0 Å². The van der Waals surface area contributed by atoms with Gasteiger partial charge in [-0.2, -0.15) is 13.2 Å². The Bertz CT molecular complexity index is 590. The van der Waals surface area contributed by atoms with Gasteiger partial charge in [0, 0.05) is 12.2 Å². The summed E-state index contributed by atoms with van der Waals surface area (Å²) >= 11 is 0. The van der Waals surface area contributed by atoms with Gasteiger partial charge in [-0.3, -0.25) is 4.79 Å². The highest BCUT2D eigenvalue weighted by Gasteiger charge is 2.34. The minimum Gasteiger partial charge on any atom is -0.312 e. The first-order valence-electron chi connectivity index (χ1n) is 7.81. The Hall–Kier alpha value is -1.82. The number of carbonyl (C=O) groups is 1. The summed E-state index contributed by atoms with van der Waals surface area (Å²) in [5.74, 6) is -0.923. The van der Waals surface area contributed by atoms with Gasteiger partial charge in [0.1, 0.15) is 6.42 Å². The summed E-state index contributed by atoms with van der Waals surface area (Å²) in [4.78, 5) is 13.4. The fraction of sp³-hybridized carbons (Fsp3) is 0.389. The van der Waals surface area contributed by atoms with Gasteiger partial charge in [0.2, 0.25) is 5.91 Å². The summed E-state index contributed by atoms with van der Waals surface area (Å²) in [6, 6.07) is 7.77. The molecule has 24 heavy (non-hydrogen) atoms. The van der Waals surface area contributed by atoms with E-state index in [1.807, 2.05) is 24.4 Å². The largest absolute Gasteiger partial charge is 0.397 e. The van der Waals surface area contributed by atoms with E-state index >= 15 is 0 Å². The van der Waals surface area contributed by atoms with Crippen molar-refractivity contribution in [3.05, 3.63) is 54.4 Å². The smallest absolute Gasteiger partial charge is 0.312 e. The summed E-state index contributed by atoms with van der Waals surface area (Å²) in [5.41, 5.74) is 5.20. The number of rotatable bonds is 8. The fourth-order valence-electron chi connectivity index (χ4n) is 2.37. The van der Waals surface area contributed by atoms with Gasteiger partial charge in [-0.1, -0.05) is 30.1 Å². The van der Waals surface area contributed by atoms with E-state index in [1.54, 1.807) is 18.2 Å². The average Bonchev–Trinajstić information content (AvgIpc) is 2.49. The number of alkyl halides is 3. The van der Waals surface area contributed by atoms with Crippen LogP contribution >= 0.6 is 0 Å². The van der Waals surface area contributed by atoms with Gasteiger partial charge in [-0.15, -0.1) is 13.2 Å². The molecule has 0 aliphatic carbocycles. The zero-order chi connectivity index (χ0) is 18.4. The van der Waals surface area contributed by atoms with E-state index in [9.17, 15) is 18.0 Å². The summed E-state index contributed by atoms with van der Waals surface area (Å²) in [5, 5.41) is 0. The maximum absolute atomic E-state index is 12.6. The van der Waals surface area contributed by atoms with E-state index in [-0.39, 0.29) is 6.54 Å². The molecule has 0 aliphatic rings. The quantitative estimate of drug-likeness (QED) is 0.587. The lowest BCUT2D eigenvalue weighted by atomic mass is 10.2. The number of halogens is 3. The van der Waals surface area contributed by atoms with Crippen LogP contribution < -0.4 is 4.90 Å². The van der Waals surface area contributed by atoms with Gasteiger partial charge >= 0.3 is 6.18 Å². The van der Waals surface area contributed by atoms with Gasteiger partial charge in [-0.05, 0) is 37.1 Å². The van der Waals surface area contributed by atoms with Crippen molar-refractivity contribution in [2.45, 2.75) is 38.5 Å². The van der Waals surface area contributed by atoms with Crippen molar-refractivity contribution in [2.24, 2.45) is 0 Å². The highest BCUT2D eigenvalue weighted by atomic mass is 28.3. The fourth-order valence-corrected chi connectivity index (χ4v) is 3.86. The Morgan fingerprint density at radius 1 is 1.29 bits per heavy atom. The van der Waals surface area contributed by atoms with Crippen molar-refractivity contribution in [3.63, 3.8) is 0 Å². The number of aryl methyl sites for hydroxylation is 1. The molecule has 0 spiro atoms. The number of amides is 1. The molecule has 0 bridgehead atoms. The first kappa shape index (κ1) is 20.2. The molecule has 1 rings (SSSR count). The van der Waals surface area contributed by atoms with E-state index in [1.165, 1.54) is 4.90 Å². The van der Waals surface area contributed by atoms with Crippen molar-refractivity contribution >= 4 is 19.7 Å². The molecule has 0 atom stereocenters. The van der Waals surface area contributed by atoms with Crippen LogP contribution in [-0.2, 0) is 4.79 Å². The Morgan fingerprint density at radius 3 is 2.42 bits per heavy atom. The molecular weight excluding hydrogens is 331 g/mol. The lowest BCUT2D eigenvalue weighted by molar-refractivity contribution is -0.151. The minimum atomic E-state index is -4.51. The van der Waals surface area contributed by atoms with Gasteiger partial charge in [-0.25, -0.2) is 0 Å². The molecule has 0 N–H and O–H groups in total. The number of hydrogen-bond donors (Lipinski definition) is 0. The molecule has 0 saturated carbocycles. The normalized spacial score (nSPS) is 11.9. The van der Waals surface area contributed by atoms with Crippen LogP contribution in [0.1, 0.15) is 18.4 Å². The number of benzene rings is 1. The van der Waals surface area contributed by atoms with Gasteiger partial charge in [0.15, 0.2) is 0 Å². The number of anilines is 1. The third-order valence-corrected chi connectivity index (χ3v) is 7.29. The standard InChI is InChI=1S/C18H24F3NOSi/c1-5-24(4,6-2)12-8-11-22(17(23)14-18(19,20)21)16-10-7-9-15(3)13-16/h5-7,9-10,13H,1-2,8,11-12,14H2,3-4H3. The molecule has 0 radical (unpaired) electrons. The van der Waals surface area contributed by atoms with Crippen LogP contribution in [0.3, 0.4) is 0 Å². The van der Waals surface area contributed by atoms with E-state index in [4.69, 9.17) is 0 Å². The summed E-state index contributed by atoms with van der Waals surface area (Å²) in [6.07, 6.45) is -5.35. The molecule has 0 aliphatic heterocycles. The maximum Gasteiger partial charge on any atom is 0.397 e. The molecular formula is C18H24F3NOSi. The number of hydrogen-bond acceptors (Lipinski definition) is 1. The second kappa shape index (κ2) is 8.33. The summed E-state index contributed by atoms with van der Waals surface area (Å²) < 4.78 is 37.8. The molecule has 1 aromatic carbocycles. The van der Waals surface area contributed by atoms with Crippen LogP contribution in [0.4, 0.5) is 18.9 Å².